The predicted octanol–water partition coefficient (Wildman–Crippen LogP) is 7.54. The van der Waals surface area contributed by atoms with Crippen molar-refractivity contribution in [3.8, 4) is 0 Å². The van der Waals surface area contributed by atoms with Crippen LogP contribution in [0, 0.1) is 5.92 Å². The van der Waals surface area contributed by atoms with E-state index in [0.717, 1.165) is 5.92 Å². The van der Waals surface area contributed by atoms with Crippen LogP contribution in [0.15, 0.2) is 10.8 Å². The van der Waals surface area contributed by atoms with E-state index in [0.29, 0.717) is 0 Å². The molecule has 110 valence electrons. The zero-order valence-electron chi connectivity index (χ0n) is 12.5. The van der Waals surface area contributed by atoms with Crippen LogP contribution in [0.2, 0.25) is 0 Å². The maximum Gasteiger partial charge on any atom is 0.0650 e. The minimum Gasteiger partial charge on any atom is -0.141 e. The second-order valence-electron chi connectivity index (χ2n) is 6.05. The Hall–Kier alpha value is -0.420. The van der Waals surface area contributed by atoms with Crippen LogP contribution in [0.4, 0.5) is 0 Å². The van der Waals surface area contributed by atoms with Crippen molar-refractivity contribution < 1.29 is 0 Å². The molecule has 0 atom stereocenters. The molecule has 4 heteroatoms. The molecule has 4 aromatic rings. The summed E-state index contributed by atoms with van der Waals surface area (Å²) in [5, 5.41) is 4.77. The van der Waals surface area contributed by atoms with Gasteiger partial charge in [-0.2, -0.15) is 0 Å². The Bertz CT molecular complexity index is 913. The summed E-state index contributed by atoms with van der Waals surface area (Å²) in [6.07, 6.45) is 3.67. The third kappa shape index (κ3) is 2.19. The topological polar surface area (TPSA) is 0 Å². The Morgan fingerprint density at radius 1 is 0.810 bits per heavy atom. The molecule has 0 fully saturated rings. The maximum absolute atomic E-state index is 2.39. The van der Waals surface area contributed by atoms with Gasteiger partial charge in [0.15, 0.2) is 0 Å². The first-order valence-electron chi connectivity index (χ1n) is 7.50. The molecular weight excluding hydrogens is 332 g/mol. The molecule has 0 aliphatic heterocycles. The van der Waals surface area contributed by atoms with Crippen LogP contribution < -0.4 is 0 Å². The standard InChI is InChI=1S/C17H18S4/c1-4-5-10-7-18-14-12(10)20-17-15-13(21-16(14)17)11(8-19-15)6-9(2)3/h7-9H,4-6H2,1-3H3. The van der Waals surface area contributed by atoms with Gasteiger partial charge in [0.25, 0.3) is 0 Å². The fourth-order valence-electron chi connectivity index (χ4n) is 2.92. The van der Waals surface area contributed by atoms with Crippen LogP contribution >= 0.6 is 45.3 Å². The molecule has 0 aliphatic rings. The fraction of sp³-hybridized carbons (Fsp3) is 0.412. The molecule has 0 bridgehead atoms. The molecule has 21 heavy (non-hydrogen) atoms. The smallest absolute Gasteiger partial charge is 0.0650 e. The minimum absolute atomic E-state index is 0.737. The van der Waals surface area contributed by atoms with Crippen molar-refractivity contribution in [2.45, 2.75) is 40.0 Å². The zero-order chi connectivity index (χ0) is 14.6. The summed E-state index contributed by atoms with van der Waals surface area (Å²) in [5.74, 6) is 0.737. The van der Waals surface area contributed by atoms with Gasteiger partial charge in [-0.05, 0) is 40.6 Å². The van der Waals surface area contributed by atoms with Crippen LogP contribution in [-0.4, -0.2) is 0 Å². The molecule has 0 N–H and O–H groups in total. The Balaban J connectivity index is 1.94. The van der Waals surface area contributed by atoms with Gasteiger partial charge in [-0.15, -0.1) is 45.3 Å². The van der Waals surface area contributed by atoms with Crippen molar-refractivity contribution in [3.05, 3.63) is 21.9 Å². The highest BCUT2D eigenvalue weighted by Gasteiger charge is 2.19. The lowest BCUT2D eigenvalue weighted by Gasteiger charge is -2.00. The van der Waals surface area contributed by atoms with Crippen LogP contribution in [0.5, 0.6) is 0 Å². The third-order valence-electron chi connectivity index (χ3n) is 3.81. The van der Waals surface area contributed by atoms with Gasteiger partial charge in [0.05, 0.1) is 28.2 Å². The van der Waals surface area contributed by atoms with Crippen LogP contribution in [0.25, 0.3) is 28.2 Å². The molecule has 0 amide bonds. The lowest BCUT2D eigenvalue weighted by atomic mass is 10.1. The van der Waals surface area contributed by atoms with Crippen LogP contribution in [0.1, 0.15) is 38.3 Å². The quantitative estimate of drug-likeness (QED) is 0.356. The van der Waals surface area contributed by atoms with Crippen LogP contribution in [0.3, 0.4) is 0 Å². The number of rotatable bonds is 4. The van der Waals surface area contributed by atoms with E-state index < -0.39 is 0 Å². The predicted molar refractivity (Wildman–Crippen MR) is 103 cm³/mol. The van der Waals surface area contributed by atoms with E-state index in [1.54, 1.807) is 39.3 Å². The van der Waals surface area contributed by atoms with E-state index in [4.69, 9.17) is 0 Å². The second-order valence-corrected chi connectivity index (χ2v) is 9.85. The molecule has 0 spiro atoms. The van der Waals surface area contributed by atoms with Crippen molar-refractivity contribution in [2.75, 3.05) is 0 Å². The molecule has 0 unspecified atom stereocenters. The van der Waals surface area contributed by atoms with Crippen molar-refractivity contribution >= 4 is 73.5 Å². The maximum atomic E-state index is 2.39. The Kier molecular flexibility index (Phi) is 3.61. The van der Waals surface area contributed by atoms with Gasteiger partial charge in [0, 0.05) is 0 Å². The number of aryl methyl sites for hydroxylation is 1. The van der Waals surface area contributed by atoms with Gasteiger partial charge >= 0.3 is 0 Å². The summed E-state index contributed by atoms with van der Waals surface area (Å²) in [5.41, 5.74) is 3.13. The molecular formula is C17H18S4. The molecule has 4 heterocycles. The minimum atomic E-state index is 0.737. The Morgan fingerprint density at radius 2 is 1.38 bits per heavy atom. The van der Waals surface area contributed by atoms with Crippen LogP contribution in [-0.2, 0) is 12.8 Å². The summed E-state index contributed by atoms with van der Waals surface area (Å²) >= 11 is 7.98. The number of hydrogen-bond acceptors (Lipinski definition) is 4. The second kappa shape index (κ2) is 5.34. The summed E-state index contributed by atoms with van der Waals surface area (Å²) in [6, 6.07) is 0. The summed E-state index contributed by atoms with van der Waals surface area (Å²) in [4.78, 5) is 0. The van der Waals surface area contributed by atoms with E-state index in [1.165, 1.54) is 19.3 Å². The van der Waals surface area contributed by atoms with Crippen molar-refractivity contribution in [1.29, 1.82) is 0 Å². The average molecular weight is 351 g/mol. The van der Waals surface area contributed by atoms with Crippen molar-refractivity contribution in [3.63, 3.8) is 0 Å². The number of thiophene rings is 4. The Labute approximate surface area is 141 Å². The van der Waals surface area contributed by atoms with Gasteiger partial charge in [-0.3, -0.25) is 0 Å². The summed E-state index contributed by atoms with van der Waals surface area (Å²) in [6.45, 7) is 6.90. The first-order chi connectivity index (χ1) is 10.2. The van der Waals surface area contributed by atoms with Gasteiger partial charge in [0.2, 0.25) is 0 Å². The number of hydrogen-bond donors (Lipinski definition) is 0. The normalized spacial score (nSPS) is 12.6. The zero-order valence-corrected chi connectivity index (χ0v) is 15.8. The lowest BCUT2D eigenvalue weighted by Crippen LogP contribution is -1.91. The van der Waals surface area contributed by atoms with E-state index in [9.17, 15) is 0 Å². The third-order valence-corrected chi connectivity index (χ3v) is 9.11. The lowest BCUT2D eigenvalue weighted by molar-refractivity contribution is 0.651. The SMILES string of the molecule is CCCc1csc2c1sc1c3scc(CC(C)C)c3sc21. The highest BCUT2D eigenvalue weighted by atomic mass is 32.1. The summed E-state index contributed by atoms with van der Waals surface area (Å²) in [7, 11) is 0. The van der Waals surface area contributed by atoms with Gasteiger partial charge < -0.3 is 0 Å². The largest absolute Gasteiger partial charge is 0.141 e. The first-order valence-corrected chi connectivity index (χ1v) is 10.9. The average Bonchev–Trinajstić information content (AvgIpc) is 3.12. The van der Waals surface area contributed by atoms with Gasteiger partial charge in [-0.25, -0.2) is 0 Å². The highest BCUT2D eigenvalue weighted by Crippen LogP contribution is 2.50. The molecule has 4 rings (SSSR count). The van der Waals surface area contributed by atoms with E-state index >= 15 is 0 Å². The molecule has 0 saturated carbocycles. The first kappa shape index (κ1) is 14.2. The fourth-order valence-corrected chi connectivity index (χ4v) is 8.66. The van der Waals surface area contributed by atoms with E-state index in [1.807, 2.05) is 45.3 Å². The van der Waals surface area contributed by atoms with E-state index in [2.05, 4.69) is 31.5 Å². The van der Waals surface area contributed by atoms with E-state index in [-0.39, 0.29) is 0 Å². The molecule has 0 radical (unpaired) electrons. The van der Waals surface area contributed by atoms with Gasteiger partial charge in [-0.1, -0.05) is 27.2 Å². The van der Waals surface area contributed by atoms with Crippen molar-refractivity contribution in [2.24, 2.45) is 5.92 Å². The monoisotopic (exact) mass is 350 g/mol. The molecule has 0 saturated heterocycles. The number of fused-ring (bicyclic) bond motifs is 5. The molecule has 4 aromatic heterocycles. The van der Waals surface area contributed by atoms with Gasteiger partial charge in [0.1, 0.15) is 0 Å². The molecule has 0 aliphatic carbocycles. The highest BCUT2D eigenvalue weighted by molar-refractivity contribution is 7.44. The molecule has 0 nitrogen and oxygen atoms in total. The van der Waals surface area contributed by atoms with Crippen molar-refractivity contribution in [1.82, 2.24) is 0 Å². The summed E-state index contributed by atoms with van der Waals surface area (Å²) < 4.78 is 9.30. The molecule has 0 aromatic carbocycles. The Morgan fingerprint density at radius 3 is 1.95 bits per heavy atom.